The van der Waals surface area contributed by atoms with Gasteiger partial charge in [-0.2, -0.15) is 0 Å². The molecule has 1 aliphatic heterocycles. The van der Waals surface area contributed by atoms with E-state index in [-0.39, 0.29) is 5.72 Å². The molecule has 1 N–H and O–H groups in total. The average Bonchev–Trinajstić information content (AvgIpc) is 2.69. The lowest BCUT2D eigenvalue weighted by Gasteiger charge is -2.33. The second-order valence-electron chi connectivity index (χ2n) is 3.53. The van der Waals surface area contributed by atoms with Gasteiger partial charge in [0.25, 0.3) is 0 Å². The van der Waals surface area contributed by atoms with E-state index in [0.29, 0.717) is 0 Å². The first-order valence-electron chi connectivity index (χ1n) is 4.29. The highest BCUT2D eigenvalue weighted by atomic mass is 16.3. The van der Waals surface area contributed by atoms with E-state index in [1.807, 2.05) is 0 Å². The van der Waals surface area contributed by atoms with Crippen molar-refractivity contribution < 1.29 is 5.11 Å². The van der Waals surface area contributed by atoms with Gasteiger partial charge in [-0.05, 0) is 25.7 Å². The van der Waals surface area contributed by atoms with Crippen LogP contribution in [-0.4, -0.2) is 28.8 Å². The molecule has 1 saturated heterocycles. The Hall–Kier alpha value is -0.0800. The summed E-state index contributed by atoms with van der Waals surface area (Å²) >= 11 is 0. The molecule has 58 valence electrons. The zero-order valence-electron chi connectivity index (χ0n) is 6.34. The van der Waals surface area contributed by atoms with Crippen LogP contribution in [0.1, 0.15) is 32.1 Å². The van der Waals surface area contributed by atoms with Gasteiger partial charge in [0.05, 0.1) is 0 Å². The molecule has 0 aromatic carbocycles. The Morgan fingerprint density at radius 2 is 1.60 bits per heavy atom. The zero-order chi connectivity index (χ0) is 7.03. The van der Waals surface area contributed by atoms with Gasteiger partial charge in [-0.1, -0.05) is 6.42 Å². The third-order valence-corrected chi connectivity index (χ3v) is 2.69. The average molecular weight is 141 g/mol. The predicted octanol–water partition coefficient (Wildman–Crippen LogP) is 0.955. The molecule has 0 spiro atoms. The maximum Gasteiger partial charge on any atom is 0.118 e. The van der Waals surface area contributed by atoms with Crippen molar-refractivity contribution in [2.75, 3.05) is 13.1 Å². The third-order valence-electron chi connectivity index (χ3n) is 2.69. The van der Waals surface area contributed by atoms with Crippen LogP contribution in [0.15, 0.2) is 0 Å². The van der Waals surface area contributed by atoms with Crippen LogP contribution < -0.4 is 0 Å². The molecule has 0 aromatic rings. The summed E-state index contributed by atoms with van der Waals surface area (Å²) < 4.78 is 0. The van der Waals surface area contributed by atoms with Gasteiger partial charge in [-0.15, -0.1) is 0 Å². The molecule has 1 saturated carbocycles. The zero-order valence-corrected chi connectivity index (χ0v) is 6.34. The van der Waals surface area contributed by atoms with Crippen LogP contribution in [0, 0.1) is 0 Å². The summed E-state index contributed by atoms with van der Waals surface area (Å²) in [5.74, 6) is 0. The molecular weight excluding hydrogens is 126 g/mol. The Morgan fingerprint density at radius 3 is 2.10 bits per heavy atom. The maximum absolute atomic E-state index is 9.94. The molecule has 2 nitrogen and oxygen atoms in total. The van der Waals surface area contributed by atoms with Crippen LogP contribution in [0.2, 0.25) is 0 Å². The van der Waals surface area contributed by atoms with Crippen LogP contribution in [0.5, 0.6) is 0 Å². The molecule has 0 bridgehead atoms. The minimum Gasteiger partial charge on any atom is -0.376 e. The van der Waals surface area contributed by atoms with E-state index in [1.54, 1.807) is 0 Å². The van der Waals surface area contributed by atoms with E-state index >= 15 is 0 Å². The molecule has 1 heterocycles. The largest absolute Gasteiger partial charge is 0.376 e. The first-order chi connectivity index (χ1) is 4.81. The van der Waals surface area contributed by atoms with Gasteiger partial charge in [0.15, 0.2) is 0 Å². The van der Waals surface area contributed by atoms with Crippen molar-refractivity contribution in [3.8, 4) is 0 Å². The highest BCUT2D eigenvalue weighted by Gasteiger charge is 2.41. The Balaban J connectivity index is 1.97. The van der Waals surface area contributed by atoms with Crippen molar-refractivity contribution >= 4 is 0 Å². The van der Waals surface area contributed by atoms with E-state index in [4.69, 9.17) is 0 Å². The summed E-state index contributed by atoms with van der Waals surface area (Å²) in [6, 6.07) is 0. The van der Waals surface area contributed by atoms with Crippen molar-refractivity contribution in [3.63, 3.8) is 0 Å². The normalized spacial score (nSPS) is 32.1. The highest BCUT2D eigenvalue weighted by Crippen LogP contribution is 2.34. The molecule has 0 amide bonds. The van der Waals surface area contributed by atoms with Crippen LogP contribution in [0.4, 0.5) is 0 Å². The number of rotatable bonds is 1. The number of nitrogens with zero attached hydrogens (tertiary/aromatic N) is 1. The Bertz CT molecular complexity index is 125. The summed E-state index contributed by atoms with van der Waals surface area (Å²) in [5.41, 5.74) is -0.377. The van der Waals surface area contributed by atoms with Crippen LogP contribution in [0.3, 0.4) is 0 Å². The number of hydrogen-bond acceptors (Lipinski definition) is 2. The summed E-state index contributed by atoms with van der Waals surface area (Å²) in [5, 5.41) is 9.94. The van der Waals surface area contributed by atoms with E-state index < -0.39 is 0 Å². The molecule has 10 heavy (non-hydrogen) atoms. The summed E-state index contributed by atoms with van der Waals surface area (Å²) in [6.45, 7) is 2.24. The van der Waals surface area contributed by atoms with Gasteiger partial charge in [0, 0.05) is 13.1 Å². The fourth-order valence-corrected chi connectivity index (χ4v) is 1.90. The van der Waals surface area contributed by atoms with Crippen molar-refractivity contribution in [2.24, 2.45) is 0 Å². The smallest absolute Gasteiger partial charge is 0.118 e. The van der Waals surface area contributed by atoms with Gasteiger partial charge < -0.3 is 5.11 Å². The van der Waals surface area contributed by atoms with E-state index in [9.17, 15) is 5.11 Å². The summed E-state index contributed by atoms with van der Waals surface area (Å²) in [6.07, 6.45) is 5.76. The molecule has 0 unspecified atom stereocenters. The summed E-state index contributed by atoms with van der Waals surface area (Å²) in [7, 11) is 0. The lowest BCUT2D eigenvalue weighted by atomic mass is 9.92. The Labute approximate surface area is 61.8 Å². The molecule has 2 fully saturated rings. The van der Waals surface area contributed by atoms with Crippen molar-refractivity contribution in [1.29, 1.82) is 0 Å². The highest BCUT2D eigenvalue weighted by molar-refractivity contribution is 4.90. The SMILES string of the molecule is OC1(N2CC2)CCCCC1. The fourth-order valence-electron chi connectivity index (χ4n) is 1.90. The lowest BCUT2D eigenvalue weighted by Crippen LogP contribution is -2.39. The molecule has 2 rings (SSSR count). The second kappa shape index (κ2) is 2.21. The van der Waals surface area contributed by atoms with Gasteiger partial charge in [-0.3, -0.25) is 4.90 Å². The van der Waals surface area contributed by atoms with Gasteiger partial charge in [0.2, 0.25) is 0 Å². The van der Waals surface area contributed by atoms with Crippen LogP contribution in [-0.2, 0) is 0 Å². The molecule has 0 aromatic heterocycles. The molecule has 0 radical (unpaired) electrons. The standard InChI is InChI=1S/C8H15NO/c10-8(9-6-7-9)4-2-1-3-5-8/h10H,1-7H2. The van der Waals surface area contributed by atoms with Crippen LogP contribution >= 0.6 is 0 Å². The Kier molecular flexibility index (Phi) is 1.46. The summed E-state index contributed by atoms with van der Waals surface area (Å²) in [4.78, 5) is 2.19. The van der Waals surface area contributed by atoms with E-state index in [0.717, 1.165) is 25.9 Å². The topological polar surface area (TPSA) is 23.2 Å². The van der Waals surface area contributed by atoms with Gasteiger partial charge in [-0.25, -0.2) is 0 Å². The quantitative estimate of drug-likeness (QED) is 0.550. The molecule has 2 heteroatoms. The monoisotopic (exact) mass is 141 g/mol. The maximum atomic E-state index is 9.94. The number of hydrogen-bond donors (Lipinski definition) is 1. The lowest BCUT2D eigenvalue weighted by molar-refractivity contribution is -0.0776. The number of aliphatic hydroxyl groups is 1. The third kappa shape index (κ3) is 1.06. The fraction of sp³-hybridized carbons (Fsp3) is 1.00. The van der Waals surface area contributed by atoms with Gasteiger partial charge in [0.1, 0.15) is 5.72 Å². The predicted molar refractivity (Wildman–Crippen MR) is 39.6 cm³/mol. The van der Waals surface area contributed by atoms with E-state index in [2.05, 4.69) is 4.90 Å². The van der Waals surface area contributed by atoms with Crippen molar-refractivity contribution in [3.05, 3.63) is 0 Å². The van der Waals surface area contributed by atoms with E-state index in [1.165, 1.54) is 19.3 Å². The Morgan fingerprint density at radius 1 is 1.00 bits per heavy atom. The molecule has 1 aliphatic carbocycles. The molecule has 2 aliphatic rings. The minimum absolute atomic E-state index is 0.377. The first kappa shape index (κ1) is 6.62. The van der Waals surface area contributed by atoms with Gasteiger partial charge >= 0.3 is 0 Å². The van der Waals surface area contributed by atoms with Crippen LogP contribution in [0.25, 0.3) is 0 Å². The first-order valence-corrected chi connectivity index (χ1v) is 4.29. The molecular formula is C8H15NO. The minimum atomic E-state index is -0.377. The second-order valence-corrected chi connectivity index (χ2v) is 3.53. The van der Waals surface area contributed by atoms with Crippen molar-refractivity contribution in [1.82, 2.24) is 4.90 Å². The van der Waals surface area contributed by atoms with Crippen molar-refractivity contribution in [2.45, 2.75) is 37.8 Å². The molecule has 0 atom stereocenters.